The van der Waals surface area contributed by atoms with Crippen molar-refractivity contribution < 1.29 is 9.18 Å². The summed E-state index contributed by atoms with van der Waals surface area (Å²) in [7, 11) is 0. The van der Waals surface area contributed by atoms with Crippen LogP contribution in [0.5, 0.6) is 0 Å². The van der Waals surface area contributed by atoms with E-state index in [1.165, 1.54) is 17.8 Å². The predicted octanol–water partition coefficient (Wildman–Crippen LogP) is 4.18. The Bertz CT molecular complexity index is 1040. The van der Waals surface area contributed by atoms with Crippen LogP contribution in [0.2, 0.25) is 0 Å². The van der Waals surface area contributed by atoms with E-state index in [9.17, 15) is 9.18 Å². The van der Waals surface area contributed by atoms with E-state index >= 15 is 0 Å². The lowest BCUT2D eigenvalue weighted by Gasteiger charge is -2.36. The first-order chi connectivity index (χ1) is 15.5. The van der Waals surface area contributed by atoms with E-state index in [1.54, 1.807) is 12.1 Å². The van der Waals surface area contributed by atoms with Crippen molar-refractivity contribution in [1.82, 2.24) is 14.8 Å². The third kappa shape index (κ3) is 5.02. The van der Waals surface area contributed by atoms with Gasteiger partial charge in [0, 0.05) is 55.5 Å². The van der Waals surface area contributed by atoms with E-state index in [4.69, 9.17) is 0 Å². The second-order valence-electron chi connectivity index (χ2n) is 8.37. The van der Waals surface area contributed by atoms with Crippen molar-refractivity contribution >= 4 is 11.6 Å². The van der Waals surface area contributed by atoms with Crippen molar-refractivity contribution in [2.24, 2.45) is 0 Å². The molecule has 0 spiro atoms. The van der Waals surface area contributed by atoms with Crippen molar-refractivity contribution in [1.29, 1.82) is 0 Å². The van der Waals surface area contributed by atoms with E-state index in [0.29, 0.717) is 12.1 Å². The van der Waals surface area contributed by atoms with Gasteiger partial charge in [0.2, 0.25) is 0 Å². The molecule has 0 saturated carbocycles. The van der Waals surface area contributed by atoms with Crippen LogP contribution in [0.25, 0.3) is 5.69 Å². The highest BCUT2D eigenvalue weighted by Gasteiger charge is 2.18. The van der Waals surface area contributed by atoms with Gasteiger partial charge in [0.15, 0.2) is 0 Å². The quantitative estimate of drug-likeness (QED) is 0.568. The zero-order chi connectivity index (χ0) is 22.5. The Labute approximate surface area is 189 Å². The van der Waals surface area contributed by atoms with Gasteiger partial charge in [0.25, 0.3) is 5.91 Å². The smallest absolute Gasteiger partial charge is 0.253 e. The second-order valence-corrected chi connectivity index (χ2v) is 8.37. The number of hydrogen-bond acceptors (Lipinski definition) is 3. The number of aryl methyl sites for hydroxylation is 1. The van der Waals surface area contributed by atoms with Crippen LogP contribution in [-0.4, -0.2) is 54.6 Å². The van der Waals surface area contributed by atoms with E-state index in [-0.39, 0.29) is 11.7 Å². The lowest BCUT2D eigenvalue weighted by atomic mass is 10.2. The van der Waals surface area contributed by atoms with E-state index in [2.05, 4.69) is 45.4 Å². The number of para-hydroxylation sites is 1. The minimum absolute atomic E-state index is 0.0552. The predicted molar refractivity (Wildman–Crippen MR) is 127 cm³/mol. The summed E-state index contributed by atoms with van der Waals surface area (Å²) in [5, 5.41) is 3.07. The number of carbonyl (C=O) groups is 1. The van der Waals surface area contributed by atoms with Gasteiger partial charge in [-0.1, -0.05) is 18.2 Å². The van der Waals surface area contributed by atoms with Gasteiger partial charge < -0.3 is 14.8 Å². The third-order valence-electron chi connectivity index (χ3n) is 6.19. The summed E-state index contributed by atoms with van der Waals surface area (Å²) >= 11 is 0. The Hall–Kier alpha value is -3.12. The average molecular weight is 435 g/mol. The van der Waals surface area contributed by atoms with E-state index in [1.807, 2.05) is 24.5 Å². The van der Waals surface area contributed by atoms with Crippen molar-refractivity contribution in [2.45, 2.75) is 20.3 Å². The number of piperazine rings is 1. The van der Waals surface area contributed by atoms with Crippen molar-refractivity contribution in [3.63, 3.8) is 0 Å². The van der Waals surface area contributed by atoms with Gasteiger partial charge in [0.05, 0.1) is 5.56 Å². The maximum absolute atomic E-state index is 13.3. The molecule has 32 heavy (non-hydrogen) atoms. The molecule has 5 nitrogen and oxygen atoms in total. The molecule has 1 aromatic heterocycles. The Balaban J connectivity index is 1.24. The molecule has 1 fully saturated rings. The molecule has 1 N–H and O–H groups in total. The molecule has 0 atom stereocenters. The zero-order valence-electron chi connectivity index (χ0n) is 18.9. The highest BCUT2D eigenvalue weighted by molar-refractivity contribution is 5.95. The van der Waals surface area contributed by atoms with E-state index in [0.717, 1.165) is 56.2 Å². The molecule has 1 aliphatic heterocycles. The monoisotopic (exact) mass is 434 g/mol. The van der Waals surface area contributed by atoms with Crippen LogP contribution in [0.4, 0.5) is 10.1 Å². The molecule has 4 rings (SSSR count). The summed E-state index contributed by atoms with van der Waals surface area (Å²) in [5.74, 6) is -0.323. The van der Waals surface area contributed by atoms with Crippen LogP contribution in [0.3, 0.4) is 0 Å². The van der Waals surface area contributed by atoms with Crippen LogP contribution in [0.15, 0.2) is 60.7 Å². The molecule has 168 valence electrons. The van der Waals surface area contributed by atoms with Gasteiger partial charge in [-0.2, -0.15) is 0 Å². The number of rotatable bonds is 7. The van der Waals surface area contributed by atoms with Crippen LogP contribution >= 0.6 is 0 Å². The maximum Gasteiger partial charge on any atom is 0.253 e. The zero-order valence-corrected chi connectivity index (χ0v) is 18.9. The first-order valence-electron chi connectivity index (χ1n) is 11.3. The molecule has 1 saturated heterocycles. The molecule has 2 aromatic carbocycles. The van der Waals surface area contributed by atoms with Gasteiger partial charge in [-0.15, -0.1) is 0 Å². The van der Waals surface area contributed by atoms with Gasteiger partial charge in [-0.05, 0) is 69.3 Å². The average Bonchev–Trinajstić information content (AvgIpc) is 3.12. The molecular formula is C26H31FN4O. The maximum atomic E-state index is 13.3. The SMILES string of the molecule is Cc1cc(C(=O)NCCCN2CCN(c3ccccc3)CC2)c(C)n1-c1ccc(F)cc1. The number of carbonyl (C=O) groups excluding carboxylic acids is 1. The molecule has 1 amide bonds. The van der Waals surface area contributed by atoms with Gasteiger partial charge in [-0.3, -0.25) is 9.69 Å². The van der Waals surface area contributed by atoms with Crippen LogP contribution in [0.1, 0.15) is 28.2 Å². The number of benzene rings is 2. The highest BCUT2D eigenvalue weighted by Crippen LogP contribution is 2.21. The summed E-state index contributed by atoms with van der Waals surface area (Å²) in [4.78, 5) is 17.7. The first kappa shape index (κ1) is 22.1. The Morgan fingerprint density at radius 2 is 1.62 bits per heavy atom. The minimum Gasteiger partial charge on any atom is -0.369 e. The Morgan fingerprint density at radius 1 is 0.938 bits per heavy atom. The Kier molecular flexibility index (Phi) is 6.90. The molecule has 1 aliphatic rings. The molecule has 0 unspecified atom stereocenters. The summed E-state index contributed by atoms with van der Waals surface area (Å²) in [6.07, 6.45) is 0.924. The summed E-state index contributed by atoms with van der Waals surface area (Å²) in [5.41, 5.74) is 4.63. The summed E-state index contributed by atoms with van der Waals surface area (Å²) in [6, 6.07) is 18.8. The fourth-order valence-corrected chi connectivity index (χ4v) is 4.45. The van der Waals surface area contributed by atoms with Crippen molar-refractivity contribution in [3.05, 3.63) is 83.4 Å². The number of nitrogens with one attached hydrogen (secondary N) is 1. The van der Waals surface area contributed by atoms with Crippen LogP contribution in [0, 0.1) is 19.7 Å². The minimum atomic E-state index is -0.268. The topological polar surface area (TPSA) is 40.5 Å². The van der Waals surface area contributed by atoms with Gasteiger partial charge in [-0.25, -0.2) is 4.39 Å². The largest absolute Gasteiger partial charge is 0.369 e. The molecule has 2 heterocycles. The molecule has 3 aromatic rings. The normalized spacial score (nSPS) is 14.5. The molecule has 0 aliphatic carbocycles. The first-order valence-corrected chi connectivity index (χ1v) is 11.3. The molecule has 0 bridgehead atoms. The number of amides is 1. The molecule has 6 heteroatoms. The lowest BCUT2D eigenvalue weighted by Crippen LogP contribution is -2.47. The van der Waals surface area contributed by atoms with Crippen LogP contribution in [-0.2, 0) is 0 Å². The number of halogens is 1. The highest BCUT2D eigenvalue weighted by atomic mass is 19.1. The third-order valence-corrected chi connectivity index (χ3v) is 6.19. The molecular weight excluding hydrogens is 403 g/mol. The van der Waals surface area contributed by atoms with Crippen LogP contribution < -0.4 is 10.2 Å². The van der Waals surface area contributed by atoms with Crippen molar-refractivity contribution in [3.8, 4) is 5.69 Å². The summed E-state index contributed by atoms with van der Waals surface area (Å²) in [6.45, 7) is 9.68. The lowest BCUT2D eigenvalue weighted by molar-refractivity contribution is 0.0951. The summed E-state index contributed by atoms with van der Waals surface area (Å²) < 4.78 is 15.2. The fraction of sp³-hybridized carbons (Fsp3) is 0.346. The van der Waals surface area contributed by atoms with Crippen molar-refractivity contribution in [2.75, 3.05) is 44.2 Å². The number of hydrogen-bond donors (Lipinski definition) is 1. The van der Waals surface area contributed by atoms with E-state index < -0.39 is 0 Å². The Morgan fingerprint density at radius 3 is 2.31 bits per heavy atom. The standard InChI is InChI=1S/C26H31FN4O/c1-20-19-25(21(2)31(20)24-11-9-22(27)10-12-24)26(32)28-13-6-14-29-15-17-30(18-16-29)23-7-4-3-5-8-23/h3-5,7-12,19H,6,13-18H2,1-2H3,(H,28,32). The fourth-order valence-electron chi connectivity index (χ4n) is 4.45. The number of anilines is 1. The number of nitrogens with zero attached hydrogens (tertiary/aromatic N) is 3. The molecule has 0 radical (unpaired) electrons. The number of aromatic nitrogens is 1. The second kappa shape index (κ2) is 10.0. The van der Waals surface area contributed by atoms with Gasteiger partial charge in [0.1, 0.15) is 5.82 Å². The van der Waals surface area contributed by atoms with Gasteiger partial charge >= 0.3 is 0 Å².